The van der Waals surface area contributed by atoms with Gasteiger partial charge in [-0.2, -0.15) is 0 Å². The van der Waals surface area contributed by atoms with E-state index in [1.165, 1.54) is 5.56 Å². The summed E-state index contributed by atoms with van der Waals surface area (Å²) in [5.74, 6) is 0.184. The zero-order chi connectivity index (χ0) is 24.1. The predicted octanol–water partition coefficient (Wildman–Crippen LogP) is 5.46. The van der Waals surface area contributed by atoms with Crippen LogP contribution in [0.4, 0.5) is 0 Å². The van der Waals surface area contributed by atoms with E-state index in [1.54, 1.807) is 11.8 Å². The van der Waals surface area contributed by atoms with Crippen LogP contribution in [-0.4, -0.2) is 34.9 Å². The van der Waals surface area contributed by atoms with E-state index in [1.807, 2.05) is 69.3 Å². The highest BCUT2D eigenvalue weighted by Crippen LogP contribution is 2.24. The number of nitrogens with zero attached hydrogens (tertiary/aromatic N) is 1. The molecule has 32 heavy (non-hydrogen) atoms. The molecule has 0 spiro atoms. The van der Waals surface area contributed by atoms with Gasteiger partial charge in [-0.1, -0.05) is 61.0 Å². The number of nitrogens with one attached hydrogen (secondary N) is 1. The number of hydrogen-bond donors (Lipinski definition) is 1. The van der Waals surface area contributed by atoms with E-state index in [4.69, 9.17) is 4.74 Å². The molecule has 0 aliphatic heterocycles. The lowest BCUT2D eigenvalue weighted by atomic mass is 9.87. The van der Waals surface area contributed by atoms with Crippen LogP contribution in [0.2, 0.25) is 0 Å². The van der Waals surface area contributed by atoms with E-state index in [0.29, 0.717) is 12.3 Å². The van der Waals surface area contributed by atoms with Gasteiger partial charge in [0.25, 0.3) is 5.91 Å². The van der Waals surface area contributed by atoms with Gasteiger partial charge in [-0.25, -0.2) is 0 Å². The zero-order valence-electron chi connectivity index (χ0n) is 20.2. The molecule has 6 heteroatoms. The van der Waals surface area contributed by atoms with Crippen LogP contribution in [0.5, 0.6) is 5.75 Å². The van der Waals surface area contributed by atoms with Crippen LogP contribution in [0.25, 0.3) is 0 Å². The number of carbonyl (C=O) groups is 2. The van der Waals surface area contributed by atoms with Crippen LogP contribution in [0.1, 0.15) is 59.6 Å². The van der Waals surface area contributed by atoms with Gasteiger partial charge in [-0.3, -0.25) is 9.59 Å². The maximum absolute atomic E-state index is 13.1. The number of rotatable bonds is 7. The van der Waals surface area contributed by atoms with Crippen molar-refractivity contribution in [2.45, 2.75) is 72.0 Å². The third-order valence-electron chi connectivity index (χ3n) is 5.01. The van der Waals surface area contributed by atoms with Gasteiger partial charge in [-0.15, -0.1) is 0 Å². The average molecular weight is 503 g/mol. The fraction of sp³-hybridized carbons (Fsp3) is 0.462. The number of carbonyl (C=O) groups excluding carboxylic acids is 2. The Morgan fingerprint density at radius 1 is 0.969 bits per heavy atom. The molecule has 2 amide bonds. The third-order valence-corrected chi connectivity index (χ3v) is 5.54. The van der Waals surface area contributed by atoms with Gasteiger partial charge in [0.05, 0.1) is 0 Å². The van der Waals surface area contributed by atoms with Crippen LogP contribution >= 0.6 is 15.9 Å². The molecule has 174 valence electrons. The summed E-state index contributed by atoms with van der Waals surface area (Å²) in [6, 6.07) is 14.9. The number of ether oxygens (including phenoxy) is 1. The first kappa shape index (κ1) is 25.9. The third kappa shape index (κ3) is 7.97. The molecular formula is C26H35BrN2O3. The molecular weight excluding hydrogens is 468 g/mol. The van der Waals surface area contributed by atoms with Crippen molar-refractivity contribution >= 4 is 27.7 Å². The molecule has 2 aromatic rings. The highest BCUT2D eigenvalue weighted by atomic mass is 79.9. The molecule has 2 aromatic carbocycles. The Bertz CT molecular complexity index is 910. The standard InChI is InChI=1S/C26H35BrN2O3/c1-18(24(31)28-26(5,6)7)29(16-19-8-12-21(27)13-9-19)23(30)17-32-22-14-10-20(11-15-22)25(2,3)4/h8-15,18H,16-17H2,1-7H3,(H,28,31)/t18-/m1/s1. The molecule has 1 atom stereocenters. The van der Waals surface area contributed by atoms with Gasteiger partial charge < -0.3 is 15.0 Å². The lowest BCUT2D eigenvalue weighted by Gasteiger charge is -2.31. The maximum Gasteiger partial charge on any atom is 0.261 e. The minimum atomic E-state index is -0.641. The molecule has 0 aliphatic rings. The zero-order valence-corrected chi connectivity index (χ0v) is 21.7. The molecule has 0 saturated carbocycles. The van der Waals surface area contributed by atoms with Crippen molar-refractivity contribution in [3.05, 3.63) is 64.1 Å². The van der Waals surface area contributed by atoms with Crippen molar-refractivity contribution in [1.82, 2.24) is 10.2 Å². The first-order valence-corrected chi connectivity index (χ1v) is 11.6. The van der Waals surface area contributed by atoms with E-state index >= 15 is 0 Å². The summed E-state index contributed by atoms with van der Waals surface area (Å²) in [5.41, 5.74) is 1.79. The van der Waals surface area contributed by atoms with E-state index in [9.17, 15) is 9.59 Å². The molecule has 0 heterocycles. The molecule has 0 aliphatic carbocycles. The molecule has 0 bridgehead atoms. The first-order valence-electron chi connectivity index (χ1n) is 10.9. The Hall–Kier alpha value is -2.34. The van der Waals surface area contributed by atoms with Gasteiger partial charge in [-0.05, 0) is 68.5 Å². The summed E-state index contributed by atoms with van der Waals surface area (Å²) in [6.07, 6.45) is 0. The summed E-state index contributed by atoms with van der Waals surface area (Å²) in [6.45, 7) is 14.1. The van der Waals surface area contributed by atoms with Crippen molar-refractivity contribution in [3.8, 4) is 5.75 Å². The molecule has 0 aromatic heterocycles. The summed E-state index contributed by atoms with van der Waals surface area (Å²) >= 11 is 3.43. The van der Waals surface area contributed by atoms with Crippen molar-refractivity contribution < 1.29 is 14.3 Å². The Labute approximate surface area is 200 Å². The van der Waals surface area contributed by atoms with Gasteiger partial charge in [0, 0.05) is 16.6 Å². The van der Waals surface area contributed by atoms with Gasteiger partial charge in [0.1, 0.15) is 11.8 Å². The highest BCUT2D eigenvalue weighted by molar-refractivity contribution is 9.10. The quantitative estimate of drug-likeness (QED) is 0.546. The molecule has 0 saturated heterocycles. The number of benzene rings is 2. The molecule has 0 unspecified atom stereocenters. The fourth-order valence-corrected chi connectivity index (χ4v) is 3.39. The molecule has 0 radical (unpaired) electrons. The largest absolute Gasteiger partial charge is 0.484 e. The topological polar surface area (TPSA) is 58.6 Å². The maximum atomic E-state index is 13.1. The van der Waals surface area contributed by atoms with Crippen molar-refractivity contribution in [1.29, 1.82) is 0 Å². The second-order valence-corrected chi connectivity index (χ2v) is 11.0. The van der Waals surface area contributed by atoms with Crippen LogP contribution in [0.15, 0.2) is 53.0 Å². The predicted molar refractivity (Wildman–Crippen MR) is 133 cm³/mol. The SMILES string of the molecule is C[C@H](C(=O)NC(C)(C)C)N(Cc1ccc(Br)cc1)C(=O)COc1ccc(C(C)(C)C)cc1. The molecule has 5 nitrogen and oxygen atoms in total. The van der Waals surface area contributed by atoms with Crippen LogP contribution in [0.3, 0.4) is 0 Å². The Morgan fingerprint density at radius 2 is 1.53 bits per heavy atom. The van der Waals surface area contributed by atoms with Crippen LogP contribution in [-0.2, 0) is 21.5 Å². The molecule has 2 rings (SSSR count). The minimum absolute atomic E-state index is 0.0473. The van der Waals surface area contributed by atoms with E-state index in [0.717, 1.165) is 10.0 Å². The second kappa shape index (κ2) is 10.5. The Morgan fingerprint density at radius 3 is 2.03 bits per heavy atom. The average Bonchev–Trinajstić information content (AvgIpc) is 2.69. The van der Waals surface area contributed by atoms with Gasteiger partial charge >= 0.3 is 0 Å². The summed E-state index contributed by atoms with van der Waals surface area (Å²) in [4.78, 5) is 27.5. The smallest absolute Gasteiger partial charge is 0.261 e. The van der Waals surface area contributed by atoms with Crippen molar-refractivity contribution in [3.63, 3.8) is 0 Å². The van der Waals surface area contributed by atoms with Crippen LogP contribution in [0, 0.1) is 0 Å². The van der Waals surface area contributed by atoms with Crippen molar-refractivity contribution in [2.24, 2.45) is 0 Å². The lowest BCUT2D eigenvalue weighted by Crippen LogP contribution is -2.53. The first-order chi connectivity index (χ1) is 14.8. The number of halogens is 1. The normalized spacial score (nSPS) is 12.8. The van der Waals surface area contributed by atoms with Gasteiger partial charge in [0.15, 0.2) is 6.61 Å². The Balaban J connectivity index is 2.15. The summed E-state index contributed by atoms with van der Waals surface area (Å²) in [5, 5.41) is 2.96. The summed E-state index contributed by atoms with van der Waals surface area (Å²) < 4.78 is 6.73. The molecule has 1 N–H and O–H groups in total. The van der Waals surface area contributed by atoms with Crippen molar-refractivity contribution in [2.75, 3.05) is 6.61 Å². The lowest BCUT2D eigenvalue weighted by molar-refractivity contribution is -0.142. The van der Waals surface area contributed by atoms with Gasteiger partial charge in [0.2, 0.25) is 5.91 Å². The minimum Gasteiger partial charge on any atom is -0.484 e. The summed E-state index contributed by atoms with van der Waals surface area (Å²) in [7, 11) is 0. The highest BCUT2D eigenvalue weighted by Gasteiger charge is 2.28. The monoisotopic (exact) mass is 502 g/mol. The molecule has 0 fully saturated rings. The number of amides is 2. The van der Waals surface area contributed by atoms with E-state index < -0.39 is 6.04 Å². The second-order valence-electron chi connectivity index (χ2n) is 10.1. The van der Waals surface area contributed by atoms with E-state index in [2.05, 4.69) is 42.0 Å². The fourth-order valence-electron chi connectivity index (χ4n) is 3.12. The Kier molecular flexibility index (Phi) is 8.52. The van der Waals surface area contributed by atoms with Crippen LogP contribution < -0.4 is 10.1 Å². The number of hydrogen-bond acceptors (Lipinski definition) is 3. The van der Waals surface area contributed by atoms with E-state index in [-0.39, 0.29) is 29.4 Å².